The number of carbonyl (C=O) groups is 2. The average Bonchev–Trinajstić information content (AvgIpc) is 3.36. The van der Waals surface area contributed by atoms with Crippen molar-refractivity contribution in [2.45, 2.75) is 38.3 Å². The van der Waals surface area contributed by atoms with Crippen LogP contribution in [0.1, 0.15) is 30.2 Å². The minimum absolute atomic E-state index is 0.0412. The van der Waals surface area contributed by atoms with Crippen molar-refractivity contribution in [2.75, 3.05) is 19.6 Å². The monoisotopic (exact) mass is 489 g/mol. The zero-order chi connectivity index (χ0) is 24.4. The van der Waals surface area contributed by atoms with E-state index in [0.29, 0.717) is 5.56 Å². The Hall–Kier alpha value is -3.21. The molecule has 1 unspecified atom stereocenters. The molecule has 5 nitrogen and oxygen atoms in total. The minimum Gasteiger partial charge on any atom is -0.322 e. The number of carbonyl (C=O) groups excluding carboxylic acids is 2. The van der Waals surface area contributed by atoms with E-state index in [1.165, 1.54) is 32.0 Å². The normalized spacial score (nSPS) is 21.3. The van der Waals surface area contributed by atoms with Crippen LogP contribution in [0.3, 0.4) is 0 Å². The number of piperidine rings is 1. The zero-order valence-corrected chi connectivity index (χ0v) is 20.5. The third-order valence-corrected chi connectivity index (χ3v) is 8.23. The fraction of sp³-hybridized carbons (Fsp3) is 0.357. The van der Waals surface area contributed by atoms with Gasteiger partial charge in [0.2, 0.25) is 0 Å². The van der Waals surface area contributed by atoms with Crippen molar-refractivity contribution in [3.63, 3.8) is 0 Å². The molecular formula is C28H28FN3O2S. The number of hydrogen-bond acceptors (Lipinski definition) is 4. The molecule has 180 valence electrons. The van der Waals surface area contributed by atoms with Crippen LogP contribution < -0.4 is 5.32 Å². The van der Waals surface area contributed by atoms with E-state index in [1.807, 2.05) is 17.4 Å². The van der Waals surface area contributed by atoms with Crippen LogP contribution in [0.15, 0.2) is 54.6 Å². The summed E-state index contributed by atoms with van der Waals surface area (Å²) in [5, 5.41) is 4.30. The second-order valence-electron chi connectivity index (χ2n) is 9.33. The van der Waals surface area contributed by atoms with Gasteiger partial charge < -0.3 is 5.32 Å². The third-order valence-electron chi connectivity index (χ3n) is 7.13. The van der Waals surface area contributed by atoms with Gasteiger partial charge in [0, 0.05) is 22.5 Å². The maximum Gasteiger partial charge on any atom is 0.325 e. The Bertz CT molecular complexity index is 1290. The highest BCUT2D eigenvalue weighted by Crippen LogP contribution is 2.37. The van der Waals surface area contributed by atoms with Gasteiger partial charge in [0.15, 0.2) is 0 Å². The van der Waals surface area contributed by atoms with Crippen LogP contribution in [-0.4, -0.2) is 46.9 Å². The first-order chi connectivity index (χ1) is 17.0. The molecular weight excluding hydrogens is 461 g/mol. The van der Waals surface area contributed by atoms with E-state index in [4.69, 9.17) is 0 Å². The molecule has 0 spiro atoms. The lowest BCUT2D eigenvalue weighted by atomic mass is 9.74. The van der Waals surface area contributed by atoms with Gasteiger partial charge in [0.1, 0.15) is 11.4 Å². The highest BCUT2D eigenvalue weighted by Gasteiger charge is 2.55. The Morgan fingerprint density at radius 3 is 2.66 bits per heavy atom. The lowest BCUT2D eigenvalue weighted by molar-refractivity contribution is -0.133. The molecule has 3 heterocycles. The van der Waals surface area contributed by atoms with Crippen LogP contribution in [0.5, 0.6) is 0 Å². The van der Waals surface area contributed by atoms with Crippen molar-refractivity contribution in [1.29, 1.82) is 0 Å². The van der Waals surface area contributed by atoms with Gasteiger partial charge in [0.25, 0.3) is 5.91 Å². The summed E-state index contributed by atoms with van der Waals surface area (Å²) in [5.74, 6) is 4.96. The molecule has 0 aliphatic carbocycles. The number of fused-ring (bicyclic) bond motifs is 1. The van der Waals surface area contributed by atoms with Gasteiger partial charge in [-0.1, -0.05) is 36.3 Å². The molecule has 1 N–H and O–H groups in total. The number of halogens is 1. The number of hydrogen-bond donors (Lipinski definition) is 1. The Morgan fingerprint density at radius 2 is 1.91 bits per heavy atom. The highest BCUT2D eigenvalue weighted by molar-refractivity contribution is 7.19. The fourth-order valence-corrected chi connectivity index (χ4v) is 6.48. The Balaban J connectivity index is 1.35. The molecule has 1 aromatic heterocycles. The van der Waals surface area contributed by atoms with E-state index in [0.717, 1.165) is 32.5 Å². The van der Waals surface area contributed by atoms with Gasteiger partial charge in [-0.15, -0.1) is 17.3 Å². The molecule has 2 aliphatic heterocycles. The van der Waals surface area contributed by atoms with Crippen molar-refractivity contribution >= 4 is 33.4 Å². The van der Waals surface area contributed by atoms with Gasteiger partial charge in [-0.3, -0.25) is 14.6 Å². The molecule has 2 saturated heterocycles. The molecule has 2 aromatic carbocycles. The van der Waals surface area contributed by atoms with Crippen LogP contribution in [0.2, 0.25) is 0 Å². The fourth-order valence-electron chi connectivity index (χ4n) is 5.38. The van der Waals surface area contributed by atoms with E-state index >= 15 is 0 Å². The smallest absolute Gasteiger partial charge is 0.322 e. The first-order valence-corrected chi connectivity index (χ1v) is 12.8. The standard InChI is InChI=1S/C28H28FN3O2S/c1-2-3-13-32-26(33)28(30-27(32)34,18-20-7-6-9-23(29)16-20)22-11-14-31(15-12-22)19-24-17-21-8-4-5-10-25(21)35-24/h4-10,16-17,22H,11-15,18-19H2,1H3,(H,30,34). The number of urea groups is 1. The van der Waals surface area contributed by atoms with E-state index < -0.39 is 11.6 Å². The van der Waals surface area contributed by atoms with Crippen molar-refractivity contribution < 1.29 is 14.0 Å². The lowest BCUT2D eigenvalue weighted by Gasteiger charge is -2.41. The van der Waals surface area contributed by atoms with Crippen molar-refractivity contribution in [3.8, 4) is 11.8 Å². The molecule has 1 atom stereocenters. The number of imide groups is 1. The lowest BCUT2D eigenvalue weighted by Crippen LogP contribution is -2.57. The molecule has 2 fully saturated rings. The molecule has 5 rings (SSSR count). The molecule has 2 aliphatic rings. The molecule has 3 aromatic rings. The van der Waals surface area contributed by atoms with Crippen molar-refractivity contribution in [1.82, 2.24) is 15.1 Å². The molecule has 0 radical (unpaired) electrons. The number of rotatable bonds is 6. The maximum atomic E-state index is 14.0. The molecule has 0 bridgehead atoms. The van der Waals surface area contributed by atoms with Crippen LogP contribution in [-0.2, 0) is 17.8 Å². The molecule has 0 saturated carbocycles. The van der Waals surface area contributed by atoms with E-state index in [1.54, 1.807) is 13.0 Å². The van der Waals surface area contributed by atoms with Gasteiger partial charge in [0.05, 0.1) is 6.54 Å². The predicted molar refractivity (Wildman–Crippen MR) is 136 cm³/mol. The average molecular weight is 490 g/mol. The van der Waals surface area contributed by atoms with Crippen LogP contribution in [0, 0.1) is 23.6 Å². The summed E-state index contributed by atoms with van der Waals surface area (Å²) in [6.45, 7) is 4.30. The van der Waals surface area contributed by atoms with E-state index in [2.05, 4.69) is 52.4 Å². The largest absolute Gasteiger partial charge is 0.325 e. The number of benzene rings is 2. The van der Waals surface area contributed by atoms with Gasteiger partial charge >= 0.3 is 6.03 Å². The first kappa shape index (κ1) is 23.5. The predicted octanol–water partition coefficient (Wildman–Crippen LogP) is 4.81. The summed E-state index contributed by atoms with van der Waals surface area (Å²) in [7, 11) is 0. The second kappa shape index (κ2) is 9.80. The molecule has 35 heavy (non-hydrogen) atoms. The number of likely N-dealkylation sites (tertiary alicyclic amines) is 1. The Kier molecular flexibility index (Phi) is 6.59. The third kappa shape index (κ3) is 4.69. The highest BCUT2D eigenvalue weighted by atomic mass is 32.1. The van der Waals surface area contributed by atoms with Crippen LogP contribution in [0.25, 0.3) is 10.1 Å². The van der Waals surface area contributed by atoms with Gasteiger partial charge in [-0.25, -0.2) is 9.18 Å². The van der Waals surface area contributed by atoms with Gasteiger partial charge in [-0.2, -0.15) is 0 Å². The van der Waals surface area contributed by atoms with Crippen molar-refractivity contribution in [3.05, 3.63) is 70.9 Å². The summed E-state index contributed by atoms with van der Waals surface area (Å²) in [5.41, 5.74) is -0.376. The summed E-state index contributed by atoms with van der Waals surface area (Å²) < 4.78 is 15.2. The Labute approximate surface area is 208 Å². The summed E-state index contributed by atoms with van der Waals surface area (Å²) >= 11 is 1.82. The quantitative estimate of drug-likeness (QED) is 0.399. The summed E-state index contributed by atoms with van der Waals surface area (Å²) in [6.07, 6.45) is 1.82. The number of nitrogens with zero attached hydrogens (tertiary/aromatic N) is 2. The molecule has 3 amide bonds. The van der Waals surface area contributed by atoms with Crippen LogP contribution >= 0.6 is 11.3 Å². The van der Waals surface area contributed by atoms with E-state index in [9.17, 15) is 14.0 Å². The zero-order valence-electron chi connectivity index (χ0n) is 19.7. The summed E-state index contributed by atoms with van der Waals surface area (Å²) in [6, 6.07) is 16.6. The van der Waals surface area contributed by atoms with Crippen molar-refractivity contribution in [2.24, 2.45) is 5.92 Å². The van der Waals surface area contributed by atoms with E-state index in [-0.39, 0.29) is 30.6 Å². The second-order valence-corrected chi connectivity index (χ2v) is 10.5. The van der Waals surface area contributed by atoms with Crippen LogP contribution in [0.4, 0.5) is 9.18 Å². The first-order valence-electron chi connectivity index (χ1n) is 12.0. The topological polar surface area (TPSA) is 52.7 Å². The summed E-state index contributed by atoms with van der Waals surface area (Å²) in [4.78, 5) is 31.5. The Morgan fingerprint density at radius 1 is 1.11 bits per heavy atom. The van der Waals surface area contributed by atoms with Gasteiger partial charge in [-0.05, 0) is 74.0 Å². The molecule has 7 heteroatoms. The SMILES string of the molecule is CC#CCN1C(=O)NC(Cc2cccc(F)c2)(C2CCN(Cc3cc4ccccc4s3)CC2)C1=O. The number of nitrogens with one attached hydrogen (secondary N) is 1. The maximum absolute atomic E-state index is 14.0. The minimum atomic E-state index is -1.08. The number of amides is 3. The number of thiophene rings is 1.